The van der Waals surface area contributed by atoms with Crippen molar-refractivity contribution in [2.24, 2.45) is 5.92 Å². The largest absolute Gasteiger partial charge is 0.393 e. The van der Waals surface area contributed by atoms with E-state index >= 15 is 0 Å². The van der Waals surface area contributed by atoms with Gasteiger partial charge in [0.15, 0.2) is 0 Å². The van der Waals surface area contributed by atoms with Crippen LogP contribution in [0.1, 0.15) is 42.1 Å². The summed E-state index contributed by atoms with van der Waals surface area (Å²) in [5.41, 5.74) is 11.0. The lowest BCUT2D eigenvalue weighted by atomic mass is 9.92. The Morgan fingerprint density at radius 3 is 2.82 bits per heavy atom. The van der Waals surface area contributed by atoms with Crippen LogP contribution in [0.3, 0.4) is 0 Å². The van der Waals surface area contributed by atoms with E-state index in [4.69, 9.17) is 10.7 Å². The number of rotatable bonds is 4. The molecular formula is C26H29N5O3. The van der Waals surface area contributed by atoms with Crippen LogP contribution in [-0.2, 0) is 19.3 Å². The summed E-state index contributed by atoms with van der Waals surface area (Å²) in [6.45, 7) is 0. The number of aliphatic hydroxyl groups excluding tert-OH is 3. The third-order valence-electron chi connectivity index (χ3n) is 7.69. The highest BCUT2D eigenvalue weighted by atomic mass is 16.3. The molecule has 0 amide bonds. The second-order valence-electron chi connectivity index (χ2n) is 9.82. The SMILES string of the molecule is Nc1ncnc2c1ccn2[C@@H]1C[C@H](CCc2ccc3cc4c(nc3c2)CCC(O)C4)[C@@H](O)[C@H]1O. The summed E-state index contributed by atoms with van der Waals surface area (Å²) >= 11 is 0. The third-order valence-corrected chi connectivity index (χ3v) is 7.69. The lowest BCUT2D eigenvalue weighted by Gasteiger charge is -2.20. The van der Waals surface area contributed by atoms with Crippen molar-refractivity contribution < 1.29 is 15.3 Å². The zero-order valence-electron chi connectivity index (χ0n) is 18.9. The predicted octanol–water partition coefficient (Wildman–Crippen LogP) is 2.33. The van der Waals surface area contributed by atoms with E-state index in [1.165, 1.54) is 11.9 Å². The first kappa shape index (κ1) is 21.5. The van der Waals surface area contributed by atoms with Crippen molar-refractivity contribution in [1.29, 1.82) is 0 Å². The van der Waals surface area contributed by atoms with E-state index in [-0.39, 0.29) is 18.1 Å². The average molecular weight is 460 g/mol. The van der Waals surface area contributed by atoms with Gasteiger partial charge in [0.2, 0.25) is 0 Å². The van der Waals surface area contributed by atoms with Gasteiger partial charge in [-0.2, -0.15) is 0 Å². The molecule has 6 rings (SSSR count). The number of fused-ring (bicyclic) bond motifs is 3. The Morgan fingerprint density at radius 2 is 1.94 bits per heavy atom. The first-order chi connectivity index (χ1) is 16.5. The molecule has 0 saturated heterocycles. The van der Waals surface area contributed by atoms with E-state index in [2.05, 4.69) is 34.2 Å². The van der Waals surface area contributed by atoms with Crippen molar-refractivity contribution in [2.75, 3.05) is 5.73 Å². The molecule has 8 heteroatoms. The van der Waals surface area contributed by atoms with Crippen molar-refractivity contribution in [2.45, 2.75) is 62.9 Å². The fourth-order valence-corrected chi connectivity index (χ4v) is 5.78. The van der Waals surface area contributed by atoms with Gasteiger partial charge in [0.05, 0.1) is 29.2 Å². The van der Waals surface area contributed by atoms with Crippen molar-refractivity contribution in [3.63, 3.8) is 0 Å². The summed E-state index contributed by atoms with van der Waals surface area (Å²) in [6.07, 6.45) is 5.87. The maximum absolute atomic E-state index is 10.8. The minimum Gasteiger partial charge on any atom is -0.393 e. The van der Waals surface area contributed by atoms with Crippen molar-refractivity contribution in [1.82, 2.24) is 19.5 Å². The van der Waals surface area contributed by atoms with Crippen LogP contribution >= 0.6 is 0 Å². The molecule has 3 aromatic heterocycles. The fraction of sp³-hybridized carbons (Fsp3) is 0.423. The normalized spacial score (nSPS) is 26.9. The van der Waals surface area contributed by atoms with Crippen molar-refractivity contribution >= 4 is 27.8 Å². The molecule has 0 bridgehead atoms. The van der Waals surface area contributed by atoms with Gasteiger partial charge in [0, 0.05) is 23.7 Å². The molecule has 4 aromatic rings. The minimum absolute atomic E-state index is 0.0229. The first-order valence-corrected chi connectivity index (χ1v) is 12.0. The highest BCUT2D eigenvalue weighted by Crippen LogP contribution is 2.39. The minimum atomic E-state index is -0.864. The van der Waals surface area contributed by atoms with E-state index in [0.29, 0.717) is 24.3 Å². The zero-order valence-corrected chi connectivity index (χ0v) is 18.9. The van der Waals surface area contributed by atoms with Gasteiger partial charge in [-0.05, 0) is 67.3 Å². The molecule has 34 heavy (non-hydrogen) atoms. The van der Waals surface area contributed by atoms with Gasteiger partial charge in [-0.3, -0.25) is 4.98 Å². The molecule has 1 unspecified atom stereocenters. The molecule has 176 valence electrons. The van der Waals surface area contributed by atoms with Gasteiger partial charge in [-0.25, -0.2) is 9.97 Å². The van der Waals surface area contributed by atoms with Crippen LogP contribution in [-0.4, -0.2) is 53.2 Å². The van der Waals surface area contributed by atoms with Crippen LogP contribution in [0.15, 0.2) is 42.9 Å². The van der Waals surface area contributed by atoms with E-state index in [1.807, 2.05) is 16.8 Å². The monoisotopic (exact) mass is 459 g/mol. The summed E-state index contributed by atoms with van der Waals surface area (Å²) in [5, 5.41) is 33.4. The van der Waals surface area contributed by atoms with Gasteiger partial charge < -0.3 is 25.6 Å². The second kappa shape index (κ2) is 8.30. The lowest BCUT2D eigenvalue weighted by Crippen LogP contribution is -2.29. The number of aromatic nitrogens is 4. The Hall–Kier alpha value is -3.07. The number of benzene rings is 1. The number of hydrogen-bond acceptors (Lipinski definition) is 7. The Labute approximate surface area is 197 Å². The van der Waals surface area contributed by atoms with E-state index in [1.54, 1.807) is 0 Å². The molecule has 1 fully saturated rings. The van der Waals surface area contributed by atoms with Crippen molar-refractivity contribution in [3.8, 4) is 0 Å². The lowest BCUT2D eigenvalue weighted by molar-refractivity contribution is 0.00545. The van der Waals surface area contributed by atoms with Gasteiger partial charge in [-0.15, -0.1) is 0 Å². The average Bonchev–Trinajstić information content (AvgIpc) is 3.38. The molecule has 1 aromatic carbocycles. The number of aryl methyl sites for hydroxylation is 2. The standard InChI is InChI=1S/C26H29N5O3/c27-25-19-7-8-31(26(19)29-13-28-25)22-12-16(23(33)24(22)34)4-2-14-1-3-15-10-17-11-18(32)5-6-20(17)30-21(15)9-14/h1,3,7-10,13,16,18,22-24,32-34H,2,4-6,11-12H2,(H2,27,28,29)/t16-,18?,22+,23+,24-/m0/s1. The predicted molar refractivity (Wildman–Crippen MR) is 129 cm³/mol. The number of anilines is 1. The number of aliphatic hydroxyl groups is 3. The molecule has 1 saturated carbocycles. The molecule has 2 aliphatic rings. The highest BCUT2D eigenvalue weighted by Gasteiger charge is 2.42. The molecule has 5 N–H and O–H groups in total. The van der Waals surface area contributed by atoms with E-state index in [9.17, 15) is 15.3 Å². The molecule has 2 aliphatic carbocycles. The van der Waals surface area contributed by atoms with Gasteiger partial charge in [0.1, 0.15) is 23.9 Å². The van der Waals surface area contributed by atoms with Gasteiger partial charge in [-0.1, -0.05) is 12.1 Å². The van der Waals surface area contributed by atoms with Crippen molar-refractivity contribution in [3.05, 3.63) is 59.7 Å². The van der Waals surface area contributed by atoms with E-state index in [0.717, 1.165) is 53.2 Å². The number of nitrogens with two attached hydrogens (primary N) is 1. The topological polar surface area (TPSA) is 130 Å². The van der Waals surface area contributed by atoms with Crippen LogP contribution in [0.25, 0.3) is 21.9 Å². The summed E-state index contributed by atoms with van der Waals surface area (Å²) in [6, 6.07) is 10.1. The molecule has 0 aliphatic heterocycles. The van der Waals surface area contributed by atoms with Gasteiger partial charge in [0.25, 0.3) is 0 Å². The summed E-state index contributed by atoms with van der Waals surface area (Å²) < 4.78 is 1.92. The van der Waals surface area contributed by atoms with Crippen LogP contribution in [0.4, 0.5) is 5.82 Å². The Balaban J connectivity index is 1.19. The quantitative estimate of drug-likeness (QED) is 0.368. The smallest absolute Gasteiger partial charge is 0.145 e. The Bertz CT molecular complexity index is 1370. The van der Waals surface area contributed by atoms with Gasteiger partial charge >= 0.3 is 0 Å². The zero-order chi connectivity index (χ0) is 23.4. The molecule has 8 nitrogen and oxygen atoms in total. The maximum Gasteiger partial charge on any atom is 0.145 e. The Kier molecular flexibility index (Phi) is 5.24. The summed E-state index contributed by atoms with van der Waals surface area (Å²) in [4.78, 5) is 13.3. The third kappa shape index (κ3) is 3.62. The number of nitrogens with zero attached hydrogens (tertiary/aromatic N) is 4. The molecule has 0 spiro atoms. The fourth-order valence-electron chi connectivity index (χ4n) is 5.78. The van der Waals surface area contributed by atoms with Crippen LogP contribution in [0.2, 0.25) is 0 Å². The maximum atomic E-state index is 10.8. The molecule has 5 atom stereocenters. The van der Waals surface area contributed by atoms with Crippen LogP contribution < -0.4 is 5.73 Å². The summed E-state index contributed by atoms with van der Waals surface area (Å²) in [7, 11) is 0. The second-order valence-corrected chi connectivity index (χ2v) is 9.82. The Morgan fingerprint density at radius 1 is 1.06 bits per heavy atom. The molecule has 3 heterocycles. The molecule has 0 radical (unpaired) electrons. The highest BCUT2D eigenvalue weighted by molar-refractivity contribution is 5.86. The number of hydrogen-bond donors (Lipinski definition) is 4. The number of pyridine rings is 1. The summed E-state index contributed by atoms with van der Waals surface area (Å²) in [5.74, 6) is 0.390. The van der Waals surface area contributed by atoms with Crippen LogP contribution in [0, 0.1) is 5.92 Å². The molecular weight excluding hydrogens is 430 g/mol. The first-order valence-electron chi connectivity index (χ1n) is 12.0. The number of nitrogen functional groups attached to an aromatic ring is 1. The van der Waals surface area contributed by atoms with Crippen LogP contribution in [0.5, 0.6) is 0 Å². The van der Waals surface area contributed by atoms with E-state index < -0.39 is 12.2 Å².